The summed E-state index contributed by atoms with van der Waals surface area (Å²) in [5, 5.41) is 12.0. The van der Waals surface area contributed by atoms with Gasteiger partial charge in [-0.3, -0.25) is 0 Å². The minimum Gasteiger partial charge on any atom is -0.496 e. The van der Waals surface area contributed by atoms with Crippen LogP contribution in [0.3, 0.4) is 0 Å². The number of ether oxygens (including phenoxy) is 3. The predicted molar refractivity (Wildman–Crippen MR) is 70.9 cm³/mol. The molecule has 0 aliphatic carbocycles. The first-order valence-electron chi connectivity index (χ1n) is 5.91. The molecule has 2 N–H and O–H groups in total. The van der Waals surface area contributed by atoms with Gasteiger partial charge in [-0.2, -0.15) is 0 Å². The lowest BCUT2D eigenvalue weighted by molar-refractivity contribution is 0.286. The Hall–Kier alpha value is -1.62. The quantitative estimate of drug-likeness (QED) is 0.695. The maximum Gasteiger partial charge on any atom is 0.149 e. The molecule has 0 aliphatic heterocycles. The standard InChI is InChI=1S/C13H21NO4/c1-16-10-8-11(17-2)13(12(9-10)18-3)14-6-4-5-7-15/h8-9,14-15H,4-7H2,1-3H3. The smallest absolute Gasteiger partial charge is 0.149 e. The average molecular weight is 255 g/mol. The number of aliphatic hydroxyl groups is 1. The molecule has 18 heavy (non-hydrogen) atoms. The highest BCUT2D eigenvalue weighted by molar-refractivity contribution is 5.68. The van der Waals surface area contributed by atoms with E-state index in [4.69, 9.17) is 19.3 Å². The third-order valence-electron chi connectivity index (χ3n) is 2.60. The molecule has 0 heterocycles. The maximum atomic E-state index is 8.74. The highest BCUT2D eigenvalue weighted by atomic mass is 16.5. The van der Waals surface area contributed by atoms with Crippen molar-refractivity contribution in [3.8, 4) is 17.2 Å². The summed E-state index contributed by atoms with van der Waals surface area (Å²) in [6, 6.07) is 3.60. The predicted octanol–water partition coefficient (Wildman–Crippen LogP) is 1.90. The van der Waals surface area contributed by atoms with E-state index >= 15 is 0 Å². The van der Waals surface area contributed by atoms with E-state index in [1.165, 1.54) is 0 Å². The molecule has 0 bridgehead atoms. The number of unbranched alkanes of at least 4 members (excludes halogenated alkanes) is 1. The molecule has 0 amide bonds. The molecule has 0 unspecified atom stereocenters. The van der Waals surface area contributed by atoms with Crippen LogP contribution in [0.25, 0.3) is 0 Å². The summed E-state index contributed by atoms with van der Waals surface area (Å²) in [6.07, 6.45) is 1.66. The van der Waals surface area contributed by atoms with Gasteiger partial charge in [0, 0.05) is 25.3 Å². The molecule has 0 saturated heterocycles. The van der Waals surface area contributed by atoms with E-state index in [9.17, 15) is 0 Å². The zero-order valence-corrected chi connectivity index (χ0v) is 11.2. The summed E-state index contributed by atoms with van der Waals surface area (Å²) in [5.74, 6) is 2.04. The van der Waals surface area contributed by atoms with E-state index in [1.54, 1.807) is 33.5 Å². The minimum atomic E-state index is 0.207. The van der Waals surface area contributed by atoms with E-state index in [2.05, 4.69) is 5.32 Å². The summed E-state index contributed by atoms with van der Waals surface area (Å²) in [6.45, 7) is 0.957. The van der Waals surface area contributed by atoms with Crippen LogP contribution in [0.2, 0.25) is 0 Å². The number of hydrogen-bond acceptors (Lipinski definition) is 5. The molecule has 0 radical (unpaired) electrons. The largest absolute Gasteiger partial charge is 0.496 e. The summed E-state index contributed by atoms with van der Waals surface area (Å²) < 4.78 is 15.8. The Balaban J connectivity index is 2.85. The average Bonchev–Trinajstić information content (AvgIpc) is 2.42. The fourth-order valence-corrected chi connectivity index (χ4v) is 1.63. The SMILES string of the molecule is COc1cc(OC)c(NCCCCO)c(OC)c1. The van der Waals surface area contributed by atoms with Crippen molar-refractivity contribution in [2.24, 2.45) is 0 Å². The van der Waals surface area contributed by atoms with E-state index < -0.39 is 0 Å². The molecular formula is C13H21NO4. The van der Waals surface area contributed by atoms with Crippen molar-refractivity contribution in [3.05, 3.63) is 12.1 Å². The van der Waals surface area contributed by atoms with Crippen LogP contribution in [0.1, 0.15) is 12.8 Å². The molecule has 0 saturated carbocycles. The van der Waals surface area contributed by atoms with Crippen LogP contribution in [-0.2, 0) is 0 Å². The fraction of sp³-hybridized carbons (Fsp3) is 0.538. The molecule has 0 fully saturated rings. The van der Waals surface area contributed by atoms with Crippen molar-refractivity contribution in [3.63, 3.8) is 0 Å². The first-order chi connectivity index (χ1) is 8.76. The van der Waals surface area contributed by atoms with Crippen LogP contribution in [0.5, 0.6) is 17.2 Å². The van der Waals surface area contributed by atoms with Crippen LogP contribution in [0.4, 0.5) is 5.69 Å². The van der Waals surface area contributed by atoms with Gasteiger partial charge in [-0.05, 0) is 12.8 Å². The van der Waals surface area contributed by atoms with Gasteiger partial charge in [-0.25, -0.2) is 0 Å². The van der Waals surface area contributed by atoms with Gasteiger partial charge in [0.15, 0.2) is 0 Å². The molecule has 0 aromatic heterocycles. The fourth-order valence-electron chi connectivity index (χ4n) is 1.63. The molecule has 0 spiro atoms. The van der Waals surface area contributed by atoms with Gasteiger partial charge in [0.05, 0.1) is 21.3 Å². The molecule has 1 aromatic rings. The monoisotopic (exact) mass is 255 g/mol. The summed E-state index contributed by atoms with van der Waals surface area (Å²) in [7, 11) is 4.81. The molecule has 5 heteroatoms. The molecular weight excluding hydrogens is 234 g/mol. The Morgan fingerprint density at radius 1 is 1.00 bits per heavy atom. The van der Waals surface area contributed by atoms with Gasteiger partial charge in [0.2, 0.25) is 0 Å². The Labute approximate surface area is 108 Å². The van der Waals surface area contributed by atoms with Gasteiger partial charge in [0.1, 0.15) is 22.9 Å². The second-order valence-electron chi connectivity index (χ2n) is 3.76. The van der Waals surface area contributed by atoms with E-state index in [1.807, 2.05) is 0 Å². The highest BCUT2D eigenvalue weighted by Gasteiger charge is 2.12. The van der Waals surface area contributed by atoms with Gasteiger partial charge >= 0.3 is 0 Å². The first-order valence-corrected chi connectivity index (χ1v) is 5.91. The van der Waals surface area contributed by atoms with Crippen LogP contribution in [-0.4, -0.2) is 39.6 Å². The van der Waals surface area contributed by atoms with Crippen LogP contribution >= 0.6 is 0 Å². The molecule has 0 aliphatic rings. The molecule has 5 nitrogen and oxygen atoms in total. The van der Waals surface area contributed by atoms with Crippen molar-refractivity contribution >= 4 is 5.69 Å². The van der Waals surface area contributed by atoms with Gasteiger partial charge in [-0.15, -0.1) is 0 Å². The van der Waals surface area contributed by atoms with E-state index in [0.29, 0.717) is 17.2 Å². The Kier molecular flexibility index (Phi) is 6.14. The topological polar surface area (TPSA) is 60.0 Å². The van der Waals surface area contributed by atoms with Crippen LogP contribution in [0.15, 0.2) is 12.1 Å². The first kappa shape index (κ1) is 14.4. The van der Waals surface area contributed by atoms with Crippen LogP contribution < -0.4 is 19.5 Å². The van der Waals surface area contributed by atoms with Gasteiger partial charge in [0.25, 0.3) is 0 Å². The second-order valence-corrected chi connectivity index (χ2v) is 3.76. The van der Waals surface area contributed by atoms with E-state index in [-0.39, 0.29) is 6.61 Å². The van der Waals surface area contributed by atoms with E-state index in [0.717, 1.165) is 25.1 Å². The third kappa shape index (κ3) is 3.70. The van der Waals surface area contributed by atoms with Crippen molar-refractivity contribution in [1.29, 1.82) is 0 Å². The minimum absolute atomic E-state index is 0.207. The van der Waals surface area contributed by atoms with Crippen molar-refractivity contribution in [2.45, 2.75) is 12.8 Å². The summed E-state index contributed by atoms with van der Waals surface area (Å²) in [5.41, 5.74) is 0.804. The zero-order chi connectivity index (χ0) is 13.4. The Morgan fingerprint density at radius 3 is 2.06 bits per heavy atom. The second kappa shape index (κ2) is 7.66. The molecule has 1 aromatic carbocycles. The zero-order valence-electron chi connectivity index (χ0n) is 11.2. The highest BCUT2D eigenvalue weighted by Crippen LogP contribution is 2.38. The Bertz CT molecular complexity index is 343. The number of rotatable bonds is 8. The van der Waals surface area contributed by atoms with Gasteiger partial charge in [-0.1, -0.05) is 0 Å². The lowest BCUT2D eigenvalue weighted by Crippen LogP contribution is -2.06. The van der Waals surface area contributed by atoms with Crippen molar-refractivity contribution in [2.75, 3.05) is 39.8 Å². The van der Waals surface area contributed by atoms with Gasteiger partial charge < -0.3 is 24.6 Å². The number of hydrogen-bond donors (Lipinski definition) is 2. The summed E-state index contributed by atoms with van der Waals surface area (Å²) in [4.78, 5) is 0. The number of methoxy groups -OCH3 is 3. The number of nitrogens with one attached hydrogen (secondary N) is 1. The number of aliphatic hydroxyl groups excluding tert-OH is 1. The van der Waals surface area contributed by atoms with Crippen molar-refractivity contribution in [1.82, 2.24) is 0 Å². The van der Waals surface area contributed by atoms with Crippen molar-refractivity contribution < 1.29 is 19.3 Å². The normalized spacial score (nSPS) is 10.0. The lowest BCUT2D eigenvalue weighted by Gasteiger charge is -2.16. The third-order valence-corrected chi connectivity index (χ3v) is 2.60. The Morgan fingerprint density at radius 2 is 1.61 bits per heavy atom. The van der Waals surface area contributed by atoms with Crippen LogP contribution in [0, 0.1) is 0 Å². The number of anilines is 1. The maximum absolute atomic E-state index is 8.74. The number of benzene rings is 1. The lowest BCUT2D eigenvalue weighted by atomic mass is 10.2. The summed E-state index contributed by atoms with van der Waals surface area (Å²) >= 11 is 0. The molecule has 0 atom stereocenters. The molecule has 102 valence electrons. The molecule has 1 rings (SSSR count).